The maximum atomic E-state index is 13.8. The summed E-state index contributed by atoms with van der Waals surface area (Å²) in [6, 6.07) is 0.227. The smallest absolute Gasteiger partial charge is 0.179 e. The van der Waals surface area contributed by atoms with Crippen molar-refractivity contribution in [3.63, 3.8) is 0 Å². The molecule has 0 fully saturated rings. The molecular weight excluding hydrogens is 207 g/mol. The molecule has 0 amide bonds. The minimum Gasteiger partial charge on any atom is -0.509 e. The summed E-state index contributed by atoms with van der Waals surface area (Å²) in [5.41, 5.74) is 0. The minimum absolute atomic E-state index is 0.144. The van der Waals surface area contributed by atoms with Crippen LogP contribution in [0.25, 0.3) is 0 Å². The zero-order valence-electron chi connectivity index (χ0n) is 10.0. The Morgan fingerprint density at radius 3 is 2.88 bits per heavy atom. The quantitative estimate of drug-likeness (QED) is 0.745. The number of halogens is 1. The first-order valence-corrected chi connectivity index (χ1v) is 5.86. The number of aliphatic imine (C=N–C) groups is 1. The number of hydrogen-bond donors (Lipinski definition) is 1. The highest BCUT2D eigenvalue weighted by Crippen LogP contribution is 2.30. The maximum Gasteiger partial charge on any atom is 0.179 e. The number of aliphatic hydroxyl groups excluding tert-OH is 1. The molecule has 3 atom stereocenters. The van der Waals surface area contributed by atoms with E-state index in [0.29, 0.717) is 18.9 Å². The normalized spacial score (nSPS) is 34.6. The first kappa shape index (κ1) is 11.4. The Bertz CT molecular complexity index is 338. The van der Waals surface area contributed by atoms with E-state index < -0.39 is 12.2 Å². The van der Waals surface area contributed by atoms with Gasteiger partial charge in [0.05, 0.1) is 11.9 Å². The van der Waals surface area contributed by atoms with Crippen LogP contribution >= 0.6 is 0 Å². The van der Waals surface area contributed by atoms with Gasteiger partial charge >= 0.3 is 0 Å². The molecule has 0 aromatic carbocycles. The molecule has 90 valence electrons. The Hall–Kier alpha value is -1.06. The Kier molecular flexibility index (Phi) is 2.91. The lowest BCUT2D eigenvalue weighted by Gasteiger charge is -2.40. The van der Waals surface area contributed by atoms with Crippen molar-refractivity contribution in [1.82, 2.24) is 4.90 Å². The van der Waals surface area contributed by atoms with Crippen LogP contribution < -0.4 is 0 Å². The third-order valence-electron chi connectivity index (χ3n) is 3.41. The third-order valence-corrected chi connectivity index (χ3v) is 3.41. The van der Waals surface area contributed by atoms with Gasteiger partial charge in [-0.05, 0) is 39.7 Å². The van der Waals surface area contributed by atoms with Crippen LogP contribution in [0.3, 0.4) is 0 Å². The number of nitrogens with zero attached hydrogens (tertiary/aromatic N) is 2. The Balaban J connectivity index is 2.33. The molecule has 16 heavy (non-hydrogen) atoms. The van der Waals surface area contributed by atoms with Gasteiger partial charge in [0.2, 0.25) is 0 Å². The zero-order chi connectivity index (χ0) is 11.9. The summed E-state index contributed by atoms with van der Waals surface area (Å²) in [6.07, 6.45) is 1.68. The molecule has 0 radical (unpaired) electrons. The maximum absolute atomic E-state index is 13.8. The molecule has 0 saturated heterocycles. The molecule has 1 aliphatic heterocycles. The molecule has 1 aliphatic carbocycles. The molecule has 2 unspecified atom stereocenters. The summed E-state index contributed by atoms with van der Waals surface area (Å²) >= 11 is 0. The van der Waals surface area contributed by atoms with Gasteiger partial charge in [-0.3, -0.25) is 4.99 Å². The van der Waals surface area contributed by atoms with Crippen LogP contribution in [0.1, 0.15) is 33.6 Å². The van der Waals surface area contributed by atoms with Crippen LogP contribution in [0.4, 0.5) is 4.39 Å². The summed E-state index contributed by atoms with van der Waals surface area (Å²) in [6.45, 7) is 6.15. The lowest BCUT2D eigenvalue weighted by molar-refractivity contribution is 0.180. The topological polar surface area (TPSA) is 35.8 Å². The number of amidine groups is 1. The predicted molar refractivity (Wildman–Crippen MR) is 62.5 cm³/mol. The Morgan fingerprint density at radius 1 is 1.56 bits per heavy atom. The van der Waals surface area contributed by atoms with Crippen molar-refractivity contribution in [3.8, 4) is 0 Å². The molecule has 0 spiro atoms. The van der Waals surface area contributed by atoms with Crippen LogP contribution in [-0.4, -0.2) is 40.1 Å². The standard InChI is InChI=1S/C12H19FN2O/c1-7(2)15-8(3)14-10-6-9(15)4-5-11(16)12(10)13/h5,7,9-10,12,16H,4,6H2,1-3H3/t9?,10?,12-/m1/s1. The predicted octanol–water partition coefficient (Wildman–Crippen LogP) is 2.44. The summed E-state index contributed by atoms with van der Waals surface area (Å²) in [5.74, 6) is 0.747. The van der Waals surface area contributed by atoms with Gasteiger partial charge in [-0.2, -0.15) is 0 Å². The van der Waals surface area contributed by atoms with Crippen molar-refractivity contribution >= 4 is 5.84 Å². The van der Waals surface area contributed by atoms with E-state index >= 15 is 0 Å². The van der Waals surface area contributed by atoms with Crippen LogP contribution in [0.2, 0.25) is 0 Å². The molecule has 2 aliphatic rings. The number of rotatable bonds is 1. The lowest BCUT2D eigenvalue weighted by atomic mass is 9.99. The van der Waals surface area contributed by atoms with Crippen molar-refractivity contribution in [2.45, 2.75) is 57.9 Å². The van der Waals surface area contributed by atoms with E-state index in [1.54, 1.807) is 6.08 Å². The molecule has 0 saturated carbocycles. The summed E-state index contributed by atoms with van der Waals surface area (Å²) in [5, 5.41) is 9.51. The van der Waals surface area contributed by atoms with Crippen molar-refractivity contribution in [3.05, 3.63) is 11.8 Å². The van der Waals surface area contributed by atoms with Crippen molar-refractivity contribution in [1.29, 1.82) is 0 Å². The zero-order valence-corrected chi connectivity index (χ0v) is 10.0. The SMILES string of the molecule is CC1=NC2CC(CC=C(O)[C@@H]2F)N1C(C)C. The fraction of sp³-hybridized carbons (Fsp3) is 0.750. The third kappa shape index (κ3) is 1.81. The van der Waals surface area contributed by atoms with Gasteiger partial charge in [-0.25, -0.2) is 4.39 Å². The molecule has 4 heteroatoms. The largest absolute Gasteiger partial charge is 0.509 e. The highest BCUT2D eigenvalue weighted by molar-refractivity contribution is 5.81. The second-order valence-electron chi connectivity index (χ2n) is 4.90. The van der Waals surface area contributed by atoms with Gasteiger partial charge in [-0.1, -0.05) is 0 Å². The van der Waals surface area contributed by atoms with Gasteiger partial charge in [0, 0.05) is 12.1 Å². The lowest BCUT2D eigenvalue weighted by Crippen LogP contribution is -2.49. The van der Waals surface area contributed by atoms with Gasteiger partial charge < -0.3 is 10.0 Å². The average Bonchev–Trinajstić information content (AvgIpc) is 2.31. The molecule has 1 N–H and O–H groups in total. The molecule has 2 bridgehead atoms. The first-order valence-electron chi connectivity index (χ1n) is 5.86. The van der Waals surface area contributed by atoms with Gasteiger partial charge in [0.15, 0.2) is 6.17 Å². The van der Waals surface area contributed by atoms with Gasteiger partial charge in [0.25, 0.3) is 0 Å². The van der Waals surface area contributed by atoms with E-state index in [-0.39, 0.29) is 11.8 Å². The molecule has 2 rings (SSSR count). The van der Waals surface area contributed by atoms with Crippen LogP contribution in [0.15, 0.2) is 16.8 Å². The molecule has 0 aromatic rings. The van der Waals surface area contributed by atoms with E-state index in [0.717, 1.165) is 5.84 Å². The number of fused-ring (bicyclic) bond motifs is 2. The summed E-state index contributed by atoms with van der Waals surface area (Å²) in [7, 11) is 0. The first-order chi connectivity index (χ1) is 7.50. The van der Waals surface area contributed by atoms with E-state index in [1.165, 1.54) is 0 Å². The molecular formula is C12H19FN2O. The Morgan fingerprint density at radius 2 is 2.25 bits per heavy atom. The monoisotopic (exact) mass is 226 g/mol. The summed E-state index contributed by atoms with van der Waals surface area (Å²) < 4.78 is 13.8. The number of aliphatic hydroxyl groups is 1. The van der Waals surface area contributed by atoms with E-state index in [1.807, 2.05) is 6.92 Å². The number of hydrogen-bond acceptors (Lipinski definition) is 3. The van der Waals surface area contributed by atoms with Crippen molar-refractivity contribution < 1.29 is 9.50 Å². The highest BCUT2D eigenvalue weighted by Gasteiger charge is 2.37. The van der Waals surface area contributed by atoms with E-state index in [4.69, 9.17) is 0 Å². The van der Waals surface area contributed by atoms with Gasteiger partial charge in [0.1, 0.15) is 5.76 Å². The van der Waals surface area contributed by atoms with Crippen LogP contribution in [-0.2, 0) is 0 Å². The van der Waals surface area contributed by atoms with Crippen LogP contribution in [0, 0.1) is 0 Å². The number of alkyl halides is 1. The highest BCUT2D eigenvalue weighted by atomic mass is 19.1. The fourth-order valence-electron chi connectivity index (χ4n) is 2.77. The second kappa shape index (κ2) is 4.07. The minimum atomic E-state index is -1.32. The molecule has 3 nitrogen and oxygen atoms in total. The Labute approximate surface area is 95.7 Å². The fourth-order valence-corrected chi connectivity index (χ4v) is 2.77. The van der Waals surface area contributed by atoms with Crippen LogP contribution in [0.5, 0.6) is 0 Å². The van der Waals surface area contributed by atoms with Gasteiger partial charge in [-0.15, -0.1) is 0 Å². The van der Waals surface area contributed by atoms with E-state index in [2.05, 4.69) is 23.7 Å². The van der Waals surface area contributed by atoms with E-state index in [9.17, 15) is 9.50 Å². The van der Waals surface area contributed by atoms with Crippen molar-refractivity contribution in [2.24, 2.45) is 4.99 Å². The summed E-state index contributed by atoms with van der Waals surface area (Å²) in [4.78, 5) is 6.58. The van der Waals surface area contributed by atoms with Crippen molar-refractivity contribution in [2.75, 3.05) is 0 Å². The molecule has 0 aromatic heterocycles. The molecule has 1 heterocycles. The second-order valence-corrected chi connectivity index (χ2v) is 4.90. The average molecular weight is 226 g/mol.